The van der Waals surface area contributed by atoms with Gasteiger partial charge in [-0.15, -0.1) is 4.70 Å². The zero-order valence-electron chi connectivity index (χ0n) is 10.5. The molecule has 0 atom stereocenters. The Morgan fingerprint density at radius 1 is 1.62 bits per heavy atom. The molecule has 0 unspecified atom stereocenters. The van der Waals surface area contributed by atoms with E-state index < -0.39 is 0 Å². The lowest BCUT2D eigenvalue weighted by Gasteiger charge is -1.99. The minimum Gasteiger partial charge on any atom is -0.352 e. The van der Waals surface area contributed by atoms with E-state index >= 15 is 0 Å². The molecule has 0 aromatic heterocycles. The van der Waals surface area contributed by atoms with E-state index in [-0.39, 0.29) is 7.33 Å². The number of nitrogens with one attached hydrogen (secondary N) is 1. The Morgan fingerprint density at radius 2 is 2.31 bits per heavy atom. The molecule has 1 amide bonds. The highest BCUT2D eigenvalue weighted by Crippen LogP contribution is 2.11. The molecule has 4 heteroatoms. The molecule has 0 spiro atoms. The van der Waals surface area contributed by atoms with Crippen molar-refractivity contribution in [3.63, 3.8) is 0 Å². The summed E-state index contributed by atoms with van der Waals surface area (Å²) in [6.07, 6.45) is 5.91. The lowest BCUT2D eigenvalue weighted by atomic mass is 10.2. The fourth-order valence-electron chi connectivity index (χ4n) is 1.10. The number of hydrogen-bond donors (Lipinski definition) is 1. The Kier molecular flexibility index (Phi) is 8.03. The molecular formula is C12H23N3O+. The van der Waals surface area contributed by atoms with Gasteiger partial charge in [-0.2, -0.15) is 0 Å². The van der Waals surface area contributed by atoms with Crippen molar-refractivity contribution in [1.29, 1.82) is 0 Å². The van der Waals surface area contributed by atoms with E-state index in [4.69, 9.17) is 0 Å². The summed E-state index contributed by atoms with van der Waals surface area (Å²) in [7, 11) is 1.83. The van der Waals surface area contributed by atoms with E-state index in [9.17, 15) is 4.79 Å². The second-order valence-electron chi connectivity index (χ2n) is 3.07. The number of allylic oxidation sites excluding steroid dienone is 1. The van der Waals surface area contributed by atoms with Gasteiger partial charge in [0.15, 0.2) is 7.05 Å². The van der Waals surface area contributed by atoms with Crippen LogP contribution in [0.3, 0.4) is 0 Å². The predicted octanol–water partition coefficient (Wildman–Crippen LogP) is 2.49. The van der Waals surface area contributed by atoms with Crippen molar-refractivity contribution in [2.45, 2.75) is 27.2 Å². The molecule has 1 aliphatic heterocycles. The third-order valence-electron chi connectivity index (χ3n) is 1.78. The van der Waals surface area contributed by atoms with Crippen LogP contribution in [0, 0.1) is 6.54 Å². The Labute approximate surface area is 99.2 Å². The standard InChI is InChI=1S/C10H15N3O.C2H6.H2/c1-3-4-5-11-10(14)6-9-7-12-13(2)8-9;1-2;/h3-4,7-8H,5-6H2,1-2H3,(H,11,14);1-2H3;1H/q+1;;/b4-3+;;. The minimum absolute atomic E-state index is 0. The lowest BCUT2D eigenvalue weighted by Crippen LogP contribution is -2.23. The number of likely N-dealkylation sites (N-methyl/N-ethyl adjacent to an activating group) is 1. The number of rotatable bonds is 4. The highest BCUT2D eigenvalue weighted by molar-refractivity contribution is 5.78. The van der Waals surface area contributed by atoms with Crippen LogP contribution in [0.4, 0.5) is 0 Å². The summed E-state index contributed by atoms with van der Waals surface area (Å²) in [4.78, 5) is 11.3. The molecule has 0 aromatic carbocycles. The van der Waals surface area contributed by atoms with E-state index in [1.54, 1.807) is 10.9 Å². The molecule has 1 radical (unpaired) electrons. The molecule has 0 saturated carbocycles. The molecule has 0 aliphatic carbocycles. The third-order valence-corrected chi connectivity index (χ3v) is 1.78. The predicted molar refractivity (Wildman–Crippen MR) is 66.9 cm³/mol. The summed E-state index contributed by atoms with van der Waals surface area (Å²) in [5.74, 6) is 0.0242. The molecule has 4 nitrogen and oxygen atoms in total. The maximum absolute atomic E-state index is 11.3. The van der Waals surface area contributed by atoms with Gasteiger partial charge in [0.2, 0.25) is 5.91 Å². The molecule has 0 fully saturated rings. The lowest BCUT2D eigenvalue weighted by molar-refractivity contribution is -0.512. The van der Waals surface area contributed by atoms with Crippen LogP contribution in [0.25, 0.3) is 0 Å². The first-order valence-corrected chi connectivity index (χ1v) is 5.57. The van der Waals surface area contributed by atoms with Gasteiger partial charge in [0.25, 0.3) is 6.54 Å². The summed E-state index contributed by atoms with van der Waals surface area (Å²) in [5.41, 5.74) is 0.936. The largest absolute Gasteiger partial charge is 0.352 e. The summed E-state index contributed by atoms with van der Waals surface area (Å²) in [6.45, 7) is 8.36. The molecule has 0 aromatic rings. The first kappa shape index (κ1) is 14.6. The highest BCUT2D eigenvalue weighted by Gasteiger charge is 2.16. The smallest absolute Gasteiger partial charge is 0.268 e. The van der Waals surface area contributed by atoms with Gasteiger partial charge in [-0.05, 0) is 12.0 Å². The molecule has 91 valence electrons. The van der Waals surface area contributed by atoms with Crippen molar-refractivity contribution in [3.8, 4) is 0 Å². The molecule has 1 heterocycles. The fraction of sp³-hybridized carbons (Fsp3) is 0.500. The van der Waals surface area contributed by atoms with Gasteiger partial charge in [-0.1, -0.05) is 26.0 Å². The molecule has 0 bridgehead atoms. The maximum atomic E-state index is 11.3. The van der Waals surface area contributed by atoms with Crippen LogP contribution in [0.5, 0.6) is 0 Å². The van der Waals surface area contributed by atoms with Gasteiger partial charge in [0.1, 0.15) is 6.20 Å². The number of hydrogen-bond acceptors (Lipinski definition) is 2. The minimum atomic E-state index is 0. The van der Waals surface area contributed by atoms with E-state index in [0.717, 1.165) is 5.57 Å². The molecule has 1 rings (SSSR count). The average Bonchev–Trinajstić information content (AvgIpc) is 2.67. The number of carbonyl (C=O) groups excluding carboxylic acids is 1. The molecule has 1 aliphatic rings. The number of carbonyl (C=O) groups is 1. The van der Waals surface area contributed by atoms with Gasteiger partial charge < -0.3 is 5.32 Å². The van der Waals surface area contributed by atoms with Crippen LogP contribution in [0.1, 0.15) is 28.6 Å². The van der Waals surface area contributed by atoms with Crippen LogP contribution in [-0.2, 0) is 4.79 Å². The zero-order chi connectivity index (χ0) is 12.4. The van der Waals surface area contributed by atoms with Gasteiger partial charge in [0.05, 0.1) is 6.42 Å². The van der Waals surface area contributed by atoms with Crippen LogP contribution in [0.2, 0.25) is 0 Å². The second-order valence-corrected chi connectivity index (χ2v) is 3.07. The molecule has 16 heavy (non-hydrogen) atoms. The summed E-state index contributed by atoms with van der Waals surface area (Å²) >= 11 is 0. The van der Waals surface area contributed by atoms with Crippen molar-refractivity contribution in [2.24, 2.45) is 5.11 Å². The van der Waals surface area contributed by atoms with Crippen LogP contribution in [0.15, 0.2) is 29.0 Å². The van der Waals surface area contributed by atoms with Gasteiger partial charge >= 0.3 is 0 Å². The van der Waals surface area contributed by atoms with Gasteiger partial charge in [-0.3, -0.25) is 4.79 Å². The maximum Gasteiger partial charge on any atom is 0.268 e. The summed E-state index contributed by atoms with van der Waals surface area (Å²) in [5, 5.41) is 6.77. The normalized spacial score (nSPS) is 14.0. The second kappa shape index (κ2) is 8.83. The first-order chi connectivity index (χ1) is 7.72. The zero-order valence-corrected chi connectivity index (χ0v) is 10.5. The average molecular weight is 225 g/mol. The SMILES string of the molecule is C/C=C/CNC(=O)CC1=CN=[N+](C)[CH]1.CC.[HH]. The fourth-order valence-corrected chi connectivity index (χ4v) is 1.10. The molecule has 1 N–H and O–H groups in total. The van der Waals surface area contributed by atoms with Crippen molar-refractivity contribution in [3.05, 3.63) is 30.5 Å². The van der Waals surface area contributed by atoms with Crippen molar-refractivity contribution in [2.75, 3.05) is 13.6 Å². The summed E-state index contributed by atoms with van der Waals surface area (Å²) in [6, 6.07) is 0. The topological polar surface area (TPSA) is 44.5 Å². The quantitative estimate of drug-likeness (QED) is 0.580. The Bertz CT molecular complexity index is 309. The number of azo groups is 2. The molecular weight excluding hydrogens is 202 g/mol. The number of nitrogens with zero attached hydrogens (tertiary/aromatic N) is 2. The Hall–Kier alpha value is -1.45. The van der Waals surface area contributed by atoms with Crippen LogP contribution >= 0.6 is 0 Å². The Balaban J connectivity index is 0. The van der Waals surface area contributed by atoms with Crippen molar-refractivity contribution in [1.82, 2.24) is 5.32 Å². The monoisotopic (exact) mass is 225 g/mol. The third kappa shape index (κ3) is 6.11. The van der Waals surface area contributed by atoms with E-state index in [2.05, 4.69) is 10.4 Å². The molecule has 0 saturated heterocycles. The van der Waals surface area contributed by atoms with E-state index in [1.807, 2.05) is 46.5 Å². The van der Waals surface area contributed by atoms with Gasteiger partial charge in [0, 0.05) is 13.5 Å². The summed E-state index contributed by atoms with van der Waals surface area (Å²) < 4.78 is 1.69. The van der Waals surface area contributed by atoms with Crippen molar-refractivity contribution < 1.29 is 10.9 Å². The van der Waals surface area contributed by atoms with Crippen molar-refractivity contribution >= 4 is 5.91 Å². The number of amides is 1. The first-order valence-electron chi connectivity index (χ1n) is 5.57. The van der Waals surface area contributed by atoms with Crippen LogP contribution < -0.4 is 5.32 Å². The highest BCUT2D eigenvalue weighted by atomic mass is 16.1. The Morgan fingerprint density at radius 3 is 2.81 bits per heavy atom. The van der Waals surface area contributed by atoms with E-state index in [0.29, 0.717) is 13.0 Å². The van der Waals surface area contributed by atoms with Gasteiger partial charge in [-0.25, -0.2) is 0 Å². The van der Waals surface area contributed by atoms with E-state index in [1.165, 1.54) is 0 Å². The van der Waals surface area contributed by atoms with Crippen LogP contribution in [-0.4, -0.2) is 24.2 Å².